The third-order valence-corrected chi connectivity index (χ3v) is 3.62. The van der Waals surface area contributed by atoms with E-state index in [1.165, 1.54) is 16.8 Å². The topological polar surface area (TPSA) is 47.5 Å². The van der Waals surface area contributed by atoms with Crippen LogP contribution in [0, 0.1) is 0 Å². The van der Waals surface area contributed by atoms with Crippen molar-refractivity contribution in [3.63, 3.8) is 0 Å². The van der Waals surface area contributed by atoms with Crippen molar-refractivity contribution >= 4 is 23.5 Å². The molecule has 18 heavy (non-hydrogen) atoms. The smallest absolute Gasteiger partial charge is 0.294 e. The quantitative estimate of drug-likeness (QED) is 0.507. The Morgan fingerprint density at radius 1 is 1.33 bits per heavy atom. The number of aliphatic hydroxyl groups is 1. The van der Waals surface area contributed by atoms with Crippen LogP contribution in [0.15, 0.2) is 58.8 Å². The number of hydrogen-bond donors (Lipinski definition) is 1. The van der Waals surface area contributed by atoms with E-state index in [2.05, 4.69) is 4.98 Å². The molecule has 0 aliphatic carbocycles. The summed E-state index contributed by atoms with van der Waals surface area (Å²) in [4.78, 5) is 8.15. The van der Waals surface area contributed by atoms with Crippen molar-refractivity contribution in [1.82, 2.24) is 0 Å². The molecule has 1 aliphatic heterocycles. The zero-order chi connectivity index (χ0) is 12.6. The minimum absolute atomic E-state index is 0.126. The van der Waals surface area contributed by atoms with Crippen molar-refractivity contribution in [1.29, 1.82) is 0 Å². The molecule has 0 fully saturated rings. The van der Waals surface area contributed by atoms with Gasteiger partial charge in [-0.3, -0.25) is 4.84 Å². The molecule has 0 saturated heterocycles. The number of hydrogen-bond acceptors (Lipinski definition) is 4. The molecule has 2 aromatic heterocycles. The Kier molecular flexibility index (Phi) is 5.32. The summed E-state index contributed by atoms with van der Waals surface area (Å²) in [7, 11) is 0. The third-order valence-electron chi connectivity index (χ3n) is 2.09. The Morgan fingerprint density at radius 2 is 2.22 bits per heavy atom. The van der Waals surface area contributed by atoms with E-state index in [-0.39, 0.29) is 5.94 Å². The molecule has 4 nitrogen and oxygen atoms in total. The minimum atomic E-state index is 0.126. The Bertz CT molecular complexity index is 460. The first-order chi connectivity index (χ1) is 8.90. The fourth-order valence-electron chi connectivity index (χ4n) is 1.31. The summed E-state index contributed by atoms with van der Waals surface area (Å²) in [5, 5.41) is 10.6. The van der Waals surface area contributed by atoms with Gasteiger partial charge in [0.15, 0.2) is 6.20 Å². The molecule has 0 bridgehead atoms. The lowest BCUT2D eigenvalue weighted by atomic mass is 10.5. The molecule has 0 radical (unpaired) electrons. The molecule has 0 saturated carbocycles. The molecule has 2 aromatic rings. The fourth-order valence-corrected chi connectivity index (χ4v) is 2.48. The van der Waals surface area contributed by atoms with E-state index >= 15 is 0 Å². The highest BCUT2D eigenvalue weighted by Gasteiger charge is 2.19. The van der Waals surface area contributed by atoms with Gasteiger partial charge >= 0.3 is 0 Å². The Balaban J connectivity index is 0.000000134. The molecule has 0 unspecified atom stereocenters. The fraction of sp³-hybridized carbons (Fsp3) is 0.167. The number of fused-ring (bicyclic) bond motifs is 1. The molecule has 0 atom stereocenters. The van der Waals surface area contributed by atoms with Crippen LogP contribution >= 0.6 is 23.5 Å². The molecule has 0 spiro atoms. The number of aliphatic hydroxyl groups excluding tert-OH is 1. The van der Waals surface area contributed by atoms with Gasteiger partial charge < -0.3 is 5.11 Å². The van der Waals surface area contributed by atoms with Gasteiger partial charge in [-0.25, -0.2) is 4.98 Å². The summed E-state index contributed by atoms with van der Waals surface area (Å²) in [6.07, 6.45) is 3.74. The molecule has 0 amide bonds. The minimum Gasteiger partial charge on any atom is -0.385 e. The second-order valence-corrected chi connectivity index (χ2v) is 5.19. The van der Waals surface area contributed by atoms with E-state index in [1.807, 2.05) is 48.8 Å². The number of aromatic amines is 1. The number of nitrogens with zero attached hydrogens (tertiary/aromatic N) is 1. The average Bonchev–Trinajstić information content (AvgIpc) is 2.89. The van der Waals surface area contributed by atoms with Crippen LogP contribution in [0.4, 0.5) is 0 Å². The SMILES string of the molecule is OCSc1cccc[nH+]1.c1cc[n+]2c(c1)SCO2. The first-order valence-electron chi connectivity index (χ1n) is 5.37. The zero-order valence-electron chi connectivity index (χ0n) is 9.65. The van der Waals surface area contributed by atoms with Crippen LogP contribution in [-0.4, -0.2) is 17.0 Å². The van der Waals surface area contributed by atoms with Crippen molar-refractivity contribution in [3.05, 3.63) is 48.8 Å². The van der Waals surface area contributed by atoms with Gasteiger partial charge in [0.1, 0.15) is 0 Å². The summed E-state index contributed by atoms with van der Waals surface area (Å²) in [6.45, 7) is 0. The van der Waals surface area contributed by atoms with Gasteiger partial charge in [-0.2, -0.15) is 0 Å². The average molecular weight is 282 g/mol. The van der Waals surface area contributed by atoms with Gasteiger partial charge in [0.2, 0.25) is 17.2 Å². The molecule has 2 N–H and O–H groups in total. The van der Waals surface area contributed by atoms with E-state index in [4.69, 9.17) is 9.94 Å². The van der Waals surface area contributed by atoms with Crippen molar-refractivity contribution < 1.29 is 19.7 Å². The van der Waals surface area contributed by atoms with Crippen molar-refractivity contribution in [2.24, 2.45) is 0 Å². The highest BCUT2D eigenvalue weighted by Crippen LogP contribution is 2.14. The highest BCUT2D eigenvalue weighted by atomic mass is 32.2. The highest BCUT2D eigenvalue weighted by molar-refractivity contribution is 7.99. The van der Waals surface area contributed by atoms with Crippen molar-refractivity contribution in [2.45, 2.75) is 10.1 Å². The standard InChI is InChI=1S/C6H6NOS.C6H7NOS/c1-2-4-7-6(3-1)9-5-8-7;8-5-9-6-3-1-2-4-7-6/h1-4H,5H2;1-4,8H,5H2/q+1;/p+1. The van der Waals surface area contributed by atoms with Crippen molar-refractivity contribution in [3.8, 4) is 0 Å². The summed E-state index contributed by atoms with van der Waals surface area (Å²) in [5.74, 6) is 0.866. The van der Waals surface area contributed by atoms with Crippen LogP contribution in [0.5, 0.6) is 0 Å². The number of aromatic nitrogens is 2. The summed E-state index contributed by atoms with van der Waals surface area (Å²) in [5.41, 5.74) is 0. The first-order valence-corrected chi connectivity index (χ1v) is 7.34. The number of H-pyrrole nitrogens is 1. The Morgan fingerprint density at radius 3 is 2.94 bits per heavy atom. The predicted octanol–water partition coefficient (Wildman–Crippen LogP) is 1.01. The maximum atomic E-state index is 8.46. The molecule has 6 heteroatoms. The third kappa shape index (κ3) is 3.90. The first kappa shape index (κ1) is 13.2. The van der Waals surface area contributed by atoms with E-state index < -0.39 is 0 Å². The van der Waals surface area contributed by atoms with Gasteiger partial charge in [0.05, 0.1) is 5.94 Å². The molecular weight excluding hydrogens is 268 g/mol. The second-order valence-electron chi connectivity index (χ2n) is 3.26. The van der Waals surface area contributed by atoms with Crippen LogP contribution in [0.1, 0.15) is 0 Å². The van der Waals surface area contributed by atoms with Crippen LogP contribution in [0.3, 0.4) is 0 Å². The van der Waals surface area contributed by atoms with Gasteiger partial charge in [-0.15, -0.1) is 0 Å². The molecule has 3 heterocycles. The number of nitrogens with one attached hydrogen (secondary N) is 1. The monoisotopic (exact) mass is 282 g/mol. The lowest BCUT2D eigenvalue weighted by Gasteiger charge is -1.85. The Hall–Kier alpha value is -1.24. The summed E-state index contributed by atoms with van der Waals surface area (Å²) >= 11 is 3.08. The second kappa shape index (κ2) is 7.25. The predicted molar refractivity (Wildman–Crippen MR) is 69.9 cm³/mol. The van der Waals surface area contributed by atoms with E-state index in [1.54, 1.807) is 16.5 Å². The van der Waals surface area contributed by atoms with Crippen LogP contribution < -0.4 is 14.6 Å². The zero-order valence-corrected chi connectivity index (χ0v) is 11.3. The van der Waals surface area contributed by atoms with Crippen LogP contribution in [0.25, 0.3) is 0 Å². The van der Waals surface area contributed by atoms with Gasteiger partial charge in [0.25, 0.3) is 5.03 Å². The van der Waals surface area contributed by atoms with Gasteiger partial charge in [0, 0.05) is 29.0 Å². The molecule has 1 aliphatic rings. The number of pyridine rings is 2. The molecule has 94 valence electrons. The molecule has 3 rings (SSSR count). The maximum absolute atomic E-state index is 8.46. The van der Waals surface area contributed by atoms with E-state index in [0.29, 0.717) is 0 Å². The summed E-state index contributed by atoms with van der Waals surface area (Å²) < 4.78 is 1.78. The van der Waals surface area contributed by atoms with Crippen molar-refractivity contribution in [2.75, 3.05) is 11.9 Å². The van der Waals surface area contributed by atoms with Gasteiger partial charge in [-0.1, -0.05) is 0 Å². The number of rotatable bonds is 2. The van der Waals surface area contributed by atoms with Crippen LogP contribution in [-0.2, 0) is 0 Å². The van der Waals surface area contributed by atoms with Crippen LogP contribution in [0.2, 0.25) is 0 Å². The molecule has 0 aromatic carbocycles. The van der Waals surface area contributed by atoms with Gasteiger partial charge in [-0.05, 0) is 35.7 Å². The number of thioether (sulfide) groups is 2. The molecular formula is C12H14N2O2S2+2. The maximum Gasteiger partial charge on any atom is 0.294 e. The lowest BCUT2D eigenvalue weighted by molar-refractivity contribution is -0.909. The normalized spacial score (nSPS) is 12.1. The largest absolute Gasteiger partial charge is 0.385 e. The van der Waals surface area contributed by atoms with E-state index in [0.717, 1.165) is 11.0 Å². The summed E-state index contributed by atoms with van der Waals surface area (Å²) in [6, 6.07) is 11.7. The lowest BCUT2D eigenvalue weighted by Crippen LogP contribution is -2.38. The Labute approximate surface area is 114 Å². The van der Waals surface area contributed by atoms with E-state index in [9.17, 15) is 0 Å².